The van der Waals surface area contributed by atoms with Crippen LogP contribution < -0.4 is 29.7 Å². The first kappa shape index (κ1) is 30.3. The fourth-order valence-electron chi connectivity index (χ4n) is 4.19. The minimum atomic E-state index is -0.856. The van der Waals surface area contributed by atoms with Crippen molar-refractivity contribution in [1.82, 2.24) is 5.32 Å². The number of nitrogens with zero attached hydrogens (tertiary/aromatic N) is 1. The molecule has 4 rings (SSSR count). The van der Waals surface area contributed by atoms with E-state index >= 15 is 0 Å². The molecule has 11 heteroatoms. The average Bonchev–Trinajstić information content (AvgIpc) is 2.94. The molecule has 3 aromatic carbocycles. The molecule has 0 saturated carbocycles. The molecule has 0 bridgehead atoms. The lowest BCUT2D eigenvalue weighted by Gasteiger charge is -2.26. The molecular formula is C31H30BrN3O7. The van der Waals surface area contributed by atoms with E-state index in [4.69, 9.17) is 14.2 Å². The molecule has 0 spiro atoms. The summed E-state index contributed by atoms with van der Waals surface area (Å²) in [6.07, 6.45) is 1.36. The molecule has 5 amide bonds. The highest BCUT2D eigenvalue weighted by molar-refractivity contribution is 9.10. The maximum atomic E-state index is 13.3. The van der Waals surface area contributed by atoms with Gasteiger partial charge in [-0.1, -0.05) is 12.1 Å². The molecule has 10 nitrogen and oxygen atoms in total. The third-order valence-corrected chi connectivity index (χ3v) is 6.75. The number of rotatable bonds is 10. The molecule has 1 aliphatic heterocycles. The Morgan fingerprint density at radius 3 is 2.36 bits per heavy atom. The second-order valence-corrected chi connectivity index (χ2v) is 10.2. The molecule has 2 N–H and O–H groups in total. The summed E-state index contributed by atoms with van der Waals surface area (Å²) in [5, 5.41) is 5.06. The van der Waals surface area contributed by atoms with E-state index in [1.54, 1.807) is 43.3 Å². The van der Waals surface area contributed by atoms with E-state index in [2.05, 4.69) is 26.6 Å². The van der Waals surface area contributed by atoms with Gasteiger partial charge in [-0.25, -0.2) is 9.69 Å². The van der Waals surface area contributed by atoms with Gasteiger partial charge in [0.1, 0.15) is 11.3 Å². The van der Waals surface area contributed by atoms with Gasteiger partial charge >= 0.3 is 6.03 Å². The number of benzene rings is 3. The van der Waals surface area contributed by atoms with Crippen molar-refractivity contribution in [3.8, 4) is 17.2 Å². The number of anilines is 2. The quantitative estimate of drug-likeness (QED) is 0.221. The number of ether oxygens (including phenoxy) is 3. The summed E-state index contributed by atoms with van der Waals surface area (Å²) in [7, 11) is 0. The first-order chi connectivity index (χ1) is 20.1. The number of carbonyl (C=O) groups is 4. The number of hydrogen-bond acceptors (Lipinski definition) is 7. The maximum absolute atomic E-state index is 13.3. The first-order valence-electron chi connectivity index (χ1n) is 13.2. The summed E-state index contributed by atoms with van der Waals surface area (Å²) < 4.78 is 17.4. The highest BCUT2D eigenvalue weighted by Crippen LogP contribution is 2.38. The van der Waals surface area contributed by atoms with Gasteiger partial charge in [-0.05, 0) is 109 Å². The van der Waals surface area contributed by atoms with Crippen LogP contribution in [0.2, 0.25) is 0 Å². The third kappa shape index (κ3) is 6.98. The predicted octanol–water partition coefficient (Wildman–Crippen LogP) is 5.55. The number of amides is 5. The molecule has 0 aromatic heterocycles. The molecule has 1 aliphatic rings. The fraction of sp³-hybridized carbons (Fsp3) is 0.226. The molecule has 0 unspecified atom stereocenters. The zero-order valence-electron chi connectivity index (χ0n) is 23.6. The second kappa shape index (κ2) is 13.3. The van der Waals surface area contributed by atoms with Crippen LogP contribution in [0.1, 0.15) is 30.5 Å². The molecule has 0 aliphatic carbocycles. The number of carbonyl (C=O) groups excluding carboxylic acids is 4. The van der Waals surface area contributed by atoms with Crippen molar-refractivity contribution in [3.05, 3.63) is 81.3 Å². The molecule has 42 heavy (non-hydrogen) atoms. The number of halogens is 1. The Hall–Kier alpha value is -4.64. The molecule has 1 fully saturated rings. The summed E-state index contributed by atoms with van der Waals surface area (Å²) in [4.78, 5) is 52.1. The van der Waals surface area contributed by atoms with Crippen LogP contribution in [-0.4, -0.2) is 43.6 Å². The van der Waals surface area contributed by atoms with Gasteiger partial charge in [0.05, 0.1) is 23.4 Å². The van der Waals surface area contributed by atoms with E-state index in [1.807, 2.05) is 39.0 Å². The highest BCUT2D eigenvalue weighted by atomic mass is 79.9. The Labute approximate surface area is 251 Å². The van der Waals surface area contributed by atoms with Gasteiger partial charge in [0.15, 0.2) is 18.1 Å². The van der Waals surface area contributed by atoms with Crippen molar-refractivity contribution in [1.29, 1.82) is 0 Å². The minimum Gasteiger partial charge on any atom is -0.494 e. The molecule has 1 heterocycles. The van der Waals surface area contributed by atoms with Crippen LogP contribution in [0.25, 0.3) is 6.08 Å². The Morgan fingerprint density at radius 1 is 0.952 bits per heavy atom. The van der Waals surface area contributed by atoms with Gasteiger partial charge in [0, 0.05) is 5.69 Å². The fourth-order valence-corrected chi connectivity index (χ4v) is 4.76. The molecular weight excluding hydrogens is 606 g/mol. The van der Waals surface area contributed by atoms with E-state index in [9.17, 15) is 19.2 Å². The van der Waals surface area contributed by atoms with Crippen LogP contribution in [-0.2, 0) is 14.4 Å². The van der Waals surface area contributed by atoms with Gasteiger partial charge < -0.3 is 19.5 Å². The number of barbiturate groups is 1. The third-order valence-electron chi connectivity index (χ3n) is 6.17. The normalized spacial score (nSPS) is 14.1. The summed E-state index contributed by atoms with van der Waals surface area (Å²) in [5.41, 5.74) is 3.09. The molecule has 1 saturated heterocycles. The minimum absolute atomic E-state index is 0.251. The lowest BCUT2D eigenvalue weighted by molar-refractivity contribution is -0.122. The van der Waals surface area contributed by atoms with Gasteiger partial charge in [-0.2, -0.15) is 0 Å². The van der Waals surface area contributed by atoms with Gasteiger partial charge in [-0.15, -0.1) is 0 Å². The largest absolute Gasteiger partial charge is 0.494 e. The second-order valence-electron chi connectivity index (χ2n) is 9.30. The van der Waals surface area contributed by atoms with Crippen LogP contribution in [0, 0.1) is 13.8 Å². The number of urea groups is 1. The van der Waals surface area contributed by atoms with E-state index < -0.39 is 17.8 Å². The van der Waals surface area contributed by atoms with E-state index in [1.165, 1.54) is 6.08 Å². The number of hydrogen-bond donors (Lipinski definition) is 2. The van der Waals surface area contributed by atoms with Gasteiger partial charge in [0.25, 0.3) is 17.7 Å². The summed E-state index contributed by atoms with van der Waals surface area (Å²) in [6.45, 7) is 7.94. The summed E-state index contributed by atoms with van der Waals surface area (Å²) in [6, 6.07) is 14.5. The average molecular weight is 636 g/mol. The highest BCUT2D eigenvalue weighted by Gasteiger charge is 2.37. The zero-order valence-corrected chi connectivity index (χ0v) is 25.2. The van der Waals surface area contributed by atoms with Crippen LogP contribution in [0.4, 0.5) is 16.2 Å². The Morgan fingerprint density at radius 2 is 1.67 bits per heavy atom. The summed E-state index contributed by atoms with van der Waals surface area (Å²) >= 11 is 3.45. The number of nitrogens with one attached hydrogen (secondary N) is 2. The van der Waals surface area contributed by atoms with Gasteiger partial charge in [0.2, 0.25) is 0 Å². The van der Waals surface area contributed by atoms with E-state index in [0.29, 0.717) is 33.8 Å². The molecule has 0 atom stereocenters. The maximum Gasteiger partial charge on any atom is 0.335 e. The van der Waals surface area contributed by atoms with Crippen molar-refractivity contribution < 1.29 is 33.4 Å². The monoisotopic (exact) mass is 635 g/mol. The van der Waals surface area contributed by atoms with Crippen LogP contribution >= 0.6 is 15.9 Å². The van der Waals surface area contributed by atoms with Crippen molar-refractivity contribution in [3.63, 3.8) is 0 Å². The van der Waals surface area contributed by atoms with Gasteiger partial charge in [-0.3, -0.25) is 19.7 Å². The first-order valence-corrected chi connectivity index (χ1v) is 14.0. The number of aryl methyl sites for hydroxylation is 2. The zero-order chi connectivity index (χ0) is 30.4. The lowest BCUT2D eigenvalue weighted by Crippen LogP contribution is -2.54. The van der Waals surface area contributed by atoms with Crippen molar-refractivity contribution in [2.75, 3.05) is 30.0 Å². The molecule has 3 aromatic rings. The Kier molecular flexibility index (Phi) is 9.64. The lowest BCUT2D eigenvalue weighted by atomic mass is 10.1. The van der Waals surface area contributed by atoms with Crippen molar-refractivity contribution in [2.45, 2.75) is 27.7 Å². The van der Waals surface area contributed by atoms with Crippen LogP contribution in [0.5, 0.6) is 17.2 Å². The Bertz CT molecular complexity index is 1570. The molecule has 218 valence electrons. The predicted molar refractivity (Wildman–Crippen MR) is 162 cm³/mol. The SMILES string of the molecule is CCOc1ccc(N2C(=O)NC(=O)/C(=C\c3cc(Br)c(OCC(=O)Nc4cc(C)ccc4C)c(OCC)c3)C2=O)cc1. The van der Waals surface area contributed by atoms with Crippen molar-refractivity contribution >= 4 is 57.1 Å². The van der Waals surface area contributed by atoms with Crippen LogP contribution in [0.3, 0.4) is 0 Å². The standard InChI is InChI=1S/C31H30BrN3O7/c1-5-40-22-11-9-21(10-12-22)35-30(38)23(29(37)34-31(35)39)14-20-15-24(32)28(26(16-20)41-6-2)42-17-27(36)33-25-13-18(3)7-8-19(25)4/h7-16H,5-6,17H2,1-4H3,(H,33,36)(H,34,37,39)/b23-14+. The smallest absolute Gasteiger partial charge is 0.335 e. The summed E-state index contributed by atoms with van der Waals surface area (Å²) in [5.74, 6) is -0.818. The molecule has 0 radical (unpaired) electrons. The van der Waals surface area contributed by atoms with Crippen LogP contribution in [0.15, 0.2) is 64.6 Å². The van der Waals surface area contributed by atoms with Crippen molar-refractivity contribution in [2.24, 2.45) is 0 Å². The Balaban J connectivity index is 1.57. The number of imide groups is 2. The van der Waals surface area contributed by atoms with E-state index in [-0.39, 0.29) is 36.1 Å². The topological polar surface area (TPSA) is 123 Å². The van der Waals surface area contributed by atoms with E-state index in [0.717, 1.165) is 16.0 Å².